The molecule has 0 radical (unpaired) electrons. The zero-order valence-corrected chi connectivity index (χ0v) is 9.71. The van der Waals surface area contributed by atoms with Gasteiger partial charge in [-0.15, -0.1) is 0 Å². The predicted molar refractivity (Wildman–Crippen MR) is 59.1 cm³/mol. The van der Waals surface area contributed by atoms with E-state index in [1.165, 1.54) is 0 Å². The van der Waals surface area contributed by atoms with Gasteiger partial charge in [0, 0.05) is 19.6 Å². The van der Waals surface area contributed by atoms with Crippen molar-refractivity contribution in [2.45, 2.75) is 39.2 Å². The average Bonchev–Trinajstić information content (AvgIpc) is 2.01. The SMILES string of the molecule is CC(C)(C)CN1CCCC(O)(CN)C1. The molecular formula is C11H24N2O. The maximum Gasteiger partial charge on any atom is 0.0895 e. The van der Waals surface area contributed by atoms with Crippen molar-refractivity contribution in [3.8, 4) is 0 Å². The van der Waals surface area contributed by atoms with Crippen LogP contribution in [0.1, 0.15) is 33.6 Å². The zero-order chi connectivity index (χ0) is 10.8. The zero-order valence-electron chi connectivity index (χ0n) is 9.71. The minimum atomic E-state index is -0.635. The molecule has 0 aromatic heterocycles. The second-order valence-corrected chi connectivity index (χ2v) is 5.80. The molecule has 0 bridgehead atoms. The van der Waals surface area contributed by atoms with Crippen molar-refractivity contribution in [3.63, 3.8) is 0 Å². The Morgan fingerprint density at radius 1 is 1.43 bits per heavy atom. The summed E-state index contributed by atoms with van der Waals surface area (Å²) in [6, 6.07) is 0. The number of hydrogen-bond donors (Lipinski definition) is 2. The molecule has 3 nitrogen and oxygen atoms in total. The van der Waals surface area contributed by atoms with E-state index in [2.05, 4.69) is 25.7 Å². The number of rotatable bonds is 2. The lowest BCUT2D eigenvalue weighted by Gasteiger charge is -2.41. The van der Waals surface area contributed by atoms with Crippen LogP contribution in [0.3, 0.4) is 0 Å². The quantitative estimate of drug-likeness (QED) is 0.694. The van der Waals surface area contributed by atoms with Crippen LogP contribution in [0.5, 0.6) is 0 Å². The molecule has 0 saturated carbocycles. The minimum absolute atomic E-state index is 0.298. The first kappa shape index (κ1) is 12.0. The van der Waals surface area contributed by atoms with Crippen molar-refractivity contribution >= 4 is 0 Å². The van der Waals surface area contributed by atoms with Crippen LogP contribution in [0.15, 0.2) is 0 Å². The van der Waals surface area contributed by atoms with Gasteiger partial charge in [0.2, 0.25) is 0 Å². The lowest BCUT2D eigenvalue weighted by molar-refractivity contribution is -0.0312. The molecule has 1 fully saturated rings. The third-order valence-electron chi connectivity index (χ3n) is 2.71. The number of nitrogens with two attached hydrogens (primary N) is 1. The molecule has 0 aliphatic carbocycles. The highest BCUT2D eigenvalue weighted by molar-refractivity contribution is 4.88. The van der Waals surface area contributed by atoms with Gasteiger partial charge in [0.05, 0.1) is 5.60 Å². The molecule has 1 atom stereocenters. The molecule has 1 heterocycles. The largest absolute Gasteiger partial charge is 0.387 e. The van der Waals surface area contributed by atoms with Gasteiger partial charge in [0.25, 0.3) is 0 Å². The molecule has 0 aromatic rings. The van der Waals surface area contributed by atoms with Gasteiger partial charge in [-0.05, 0) is 24.8 Å². The number of piperidine rings is 1. The third-order valence-corrected chi connectivity index (χ3v) is 2.71. The summed E-state index contributed by atoms with van der Waals surface area (Å²) in [6.07, 6.45) is 1.91. The first-order chi connectivity index (χ1) is 6.35. The molecule has 14 heavy (non-hydrogen) atoms. The molecule has 1 aliphatic rings. The second kappa shape index (κ2) is 4.17. The fraction of sp³-hybridized carbons (Fsp3) is 1.00. The van der Waals surface area contributed by atoms with Crippen LogP contribution in [-0.2, 0) is 0 Å². The summed E-state index contributed by atoms with van der Waals surface area (Å²) in [4.78, 5) is 2.33. The second-order valence-electron chi connectivity index (χ2n) is 5.80. The van der Waals surface area contributed by atoms with E-state index < -0.39 is 5.60 Å². The van der Waals surface area contributed by atoms with E-state index in [0.717, 1.165) is 32.5 Å². The molecule has 1 saturated heterocycles. The van der Waals surface area contributed by atoms with Crippen molar-refractivity contribution in [2.75, 3.05) is 26.2 Å². The Hall–Kier alpha value is -0.120. The monoisotopic (exact) mass is 200 g/mol. The van der Waals surface area contributed by atoms with E-state index in [1.54, 1.807) is 0 Å². The molecule has 1 rings (SSSR count). The van der Waals surface area contributed by atoms with E-state index >= 15 is 0 Å². The van der Waals surface area contributed by atoms with Crippen LogP contribution in [0, 0.1) is 5.41 Å². The maximum absolute atomic E-state index is 10.1. The summed E-state index contributed by atoms with van der Waals surface area (Å²) >= 11 is 0. The number of β-amino-alcohol motifs (C(OH)–C–C–N with tert-alkyl or cyclic N) is 1. The number of likely N-dealkylation sites (tertiary alicyclic amines) is 1. The van der Waals surface area contributed by atoms with E-state index in [9.17, 15) is 5.11 Å². The van der Waals surface area contributed by atoms with Gasteiger partial charge < -0.3 is 10.8 Å². The Balaban J connectivity index is 2.48. The van der Waals surface area contributed by atoms with Gasteiger partial charge in [-0.3, -0.25) is 4.90 Å². The molecule has 0 aromatic carbocycles. The number of hydrogen-bond acceptors (Lipinski definition) is 3. The van der Waals surface area contributed by atoms with Gasteiger partial charge in [0.1, 0.15) is 0 Å². The Labute approximate surface area is 87.3 Å². The van der Waals surface area contributed by atoms with Crippen LogP contribution in [0.4, 0.5) is 0 Å². The normalized spacial score (nSPS) is 30.6. The van der Waals surface area contributed by atoms with Crippen molar-refractivity contribution in [1.29, 1.82) is 0 Å². The lowest BCUT2D eigenvalue weighted by Crippen LogP contribution is -2.53. The molecule has 3 heteroatoms. The van der Waals surface area contributed by atoms with E-state index in [-0.39, 0.29) is 0 Å². The molecule has 0 amide bonds. The summed E-state index contributed by atoms with van der Waals surface area (Å²) in [5.41, 5.74) is 5.25. The van der Waals surface area contributed by atoms with Gasteiger partial charge in [-0.1, -0.05) is 20.8 Å². The van der Waals surface area contributed by atoms with E-state index in [4.69, 9.17) is 5.73 Å². The molecule has 3 N–H and O–H groups in total. The van der Waals surface area contributed by atoms with Crippen LogP contribution < -0.4 is 5.73 Å². The predicted octanol–water partition coefficient (Wildman–Crippen LogP) is 0.818. The first-order valence-corrected chi connectivity index (χ1v) is 5.49. The Kier molecular flexibility index (Phi) is 3.56. The first-order valence-electron chi connectivity index (χ1n) is 5.49. The summed E-state index contributed by atoms with van der Waals surface area (Å²) < 4.78 is 0. The van der Waals surface area contributed by atoms with Crippen molar-refractivity contribution in [3.05, 3.63) is 0 Å². The molecular weight excluding hydrogens is 176 g/mol. The molecule has 1 aliphatic heterocycles. The van der Waals surface area contributed by atoms with Crippen molar-refractivity contribution in [1.82, 2.24) is 4.90 Å². The fourth-order valence-corrected chi connectivity index (χ4v) is 2.18. The molecule has 0 spiro atoms. The van der Waals surface area contributed by atoms with Crippen LogP contribution >= 0.6 is 0 Å². The van der Waals surface area contributed by atoms with E-state index in [1.807, 2.05) is 0 Å². The van der Waals surface area contributed by atoms with Gasteiger partial charge in [-0.2, -0.15) is 0 Å². The standard InChI is InChI=1S/C11H24N2O/c1-10(2,3)8-13-6-4-5-11(14,7-12)9-13/h14H,4-9,12H2,1-3H3. The van der Waals surface area contributed by atoms with Gasteiger partial charge in [-0.25, -0.2) is 0 Å². The highest BCUT2D eigenvalue weighted by Gasteiger charge is 2.32. The number of nitrogens with zero attached hydrogens (tertiary/aromatic N) is 1. The highest BCUT2D eigenvalue weighted by atomic mass is 16.3. The highest BCUT2D eigenvalue weighted by Crippen LogP contribution is 2.23. The summed E-state index contributed by atoms with van der Waals surface area (Å²) in [7, 11) is 0. The Morgan fingerprint density at radius 3 is 2.57 bits per heavy atom. The smallest absolute Gasteiger partial charge is 0.0895 e. The Bertz CT molecular complexity index is 188. The molecule has 84 valence electrons. The van der Waals surface area contributed by atoms with Crippen LogP contribution in [0.25, 0.3) is 0 Å². The van der Waals surface area contributed by atoms with Crippen LogP contribution in [-0.4, -0.2) is 41.8 Å². The molecule has 1 unspecified atom stereocenters. The summed E-state index contributed by atoms with van der Waals surface area (Å²) in [5.74, 6) is 0. The van der Waals surface area contributed by atoms with Crippen molar-refractivity contribution in [2.24, 2.45) is 11.1 Å². The maximum atomic E-state index is 10.1. The summed E-state index contributed by atoms with van der Waals surface area (Å²) in [6.45, 7) is 9.93. The van der Waals surface area contributed by atoms with Crippen molar-refractivity contribution < 1.29 is 5.11 Å². The lowest BCUT2D eigenvalue weighted by atomic mass is 9.89. The summed E-state index contributed by atoms with van der Waals surface area (Å²) in [5, 5.41) is 10.1. The topological polar surface area (TPSA) is 49.5 Å². The Morgan fingerprint density at radius 2 is 2.07 bits per heavy atom. The third kappa shape index (κ3) is 3.56. The van der Waals surface area contributed by atoms with Crippen LogP contribution in [0.2, 0.25) is 0 Å². The van der Waals surface area contributed by atoms with Gasteiger partial charge >= 0.3 is 0 Å². The van der Waals surface area contributed by atoms with Gasteiger partial charge in [0.15, 0.2) is 0 Å². The number of aliphatic hydroxyl groups is 1. The average molecular weight is 200 g/mol. The fourth-order valence-electron chi connectivity index (χ4n) is 2.18. The minimum Gasteiger partial charge on any atom is -0.387 e. The van der Waals surface area contributed by atoms with E-state index in [0.29, 0.717) is 12.0 Å².